The van der Waals surface area contributed by atoms with Gasteiger partial charge in [0, 0.05) is 44.2 Å². The molecule has 0 radical (unpaired) electrons. The van der Waals surface area contributed by atoms with Crippen molar-refractivity contribution in [1.82, 2.24) is 24.5 Å². The van der Waals surface area contributed by atoms with Crippen LogP contribution in [-0.4, -0.2) is 24.5 Å². The number of fused-ring (bicyclic) bond motifs is 3. The van der Waals surface area contributed by atoms with E-state index < -0.39 is 0 Å². The van der Waals surface area contributed by atoms with Gasteiger partial charge in [-0.2, -0.15) is 10.5 Å². The SMILES string of the molecule is N#Cc1cc(-c2cc(-c3ccccc3)nc(-c3ccccc3)n2)c(-n2c3ccccc3c3cc(C#N)ccc32)c(-c2cc(-c3ccccc3)nc(-c3ccccc3)n2)c1. The molecule has 0 saturated heterocycles. The van der Waals surface area contributed by atoms with Crippen molar-refractivity contribution in [3.8, 4) is 85.6 Å². The lowest BCUT2D eigenvalue weighted by Gasteiger charge is -2.20. The van der Waals surface area contributed by atoms with Gasteiger partial charge in [-0.3, -0.25) is 0 Å². The quantitative estimate of drug-likeness (QED) is 0.160. The molecule has 59 heavy (non-hydrogen) atoms. The third-order valence-corrected chi connectivity index (χ3v) is 10.5. The summed E-state index contributed by atoms with van der Waals surface area (Å²) in [5.41, 5.74) is 11.3. The third-order valence-electron chi connectivity index (χ3n) is 10.5. The number of para-hydroxylation sites is 1. The van der Waals surface area contributed by atoms with Gasteiger partial charge in [0.1, 0.15) is 0 Å². The van der Waals surface area contributed by atoms with Gasteiger partial charge in [-0.1, -0.05) is 140 Å². The number of hydrogen-bond donors (Lipinski definition) is 0. The highest BCUT2D eigenvalue weighted by Gasteiger charge is 2.25. The molecule has 10 aromatic rings. The maximum absolute atomic E-state index is 10.8. The topological polar surface area (TPSA) is 104 Å². The lowest BCUT2D eigenvalue weighted by atomic mass is 9.95. The zero-order valence-electron chi connectivity index (χ0n) is 31.5. The van der Waals surface area contributed by atoms with E-state index in [-0.39, 0.29) is 0 Å². The van der Waals surface area contributed by atoms with E-state index in [9.17, 15) is 10.5 Å². The van der Waals surface area contributed by atoms with Crippen LogP contribution >= 0.6 is 0 Å². The van der Waals surface area contributed by atoms with Gasteiger partial charge < -0.3 is 4.57 Å². The minimum Gasteiger partial charge on any atom is -0.308 e. The molecular formula is C52H31N7. The van der Waals surface area contributed by atoms with Crippen molar-refractivity contribution in [2.75, 3.05) is 0 Å². The molecule has 3 aromatic heterocycles. The van der Waals surface area contributed by atoms with Crippen LogP contribution in [0.25, 0.3) is 95.3 Å². The molecule has 0 bridgehead atoms. The first kappa shape index (κ1) is 34.9. The summed E-state index contributed by atoms with van der Waals surface area (Å²) in [6.07, 6.45) is 0. The Balaban J connectivity index is 1.37. The number of nitriles is 2. The standard InChI is InChI=1S/C52H31N7/c53-32-34-25-26-49-41(27-34)40-23-13-14-24-48(40)59(49)50-42(46-30-44(36-15-5-1-6-16-36)55-51(57-46)38-19-9-3-10-20-38)28-35(33-54)29-43(50)47-31-45(37-17-7-2-8-18-37)56-52(58-47)39-21-11-4-12-22-39/h1-31H. The van der Waals surface area contributed by atoms with Gasteiger partial charge in [0.05, 0.1) is 62.8 Å². The normalized spacial score (nSPS) is 11.0. The molecule has 7 heteroatoms. The number of hydrogen-bond acceptors (Lipinski definition) is 6. The second-order valence-corrected chi connectivity index (χ2v) is 14.1. The first-order valence-electron chi connectivity index (χ1n) is 19.2. The van der Waals surface area contributed by atoms with Crippen molar-refractivity contribution in [2.24, 2.45) is 0 Å². The van der Waals surface area contributed by atoms with Gasteiger partial charge >= 0.3 is 0 Å². The molecule has 0 amide bonds. The third kappa shape index (κ3) is 6.45. The van der Waals surface area contributed by atoms with Gasteiger partial charge in [-0.25, -0.2) is 19.9 Å². The van der Waals surface area contributed by atoms with E-state index in [1.54, 1.807) is 0 Å². The maximum Gasteiger partial charge on any atom is 0.160 e. The van der Waals surface area contributed by atoms with Gasteiger partial charge in [-0.15, -0.1) is 0 Å². The largest absolute Gasteiger partial charge is 0.308 e. The second kappa shape index (κ2) is 14.9. The summed E-state index contributed by atoms with van der Waals surface area (Å²) in [4.78, 5) is 20.8. The Morgan fingerprint density at radius 1 is 0.356 bits per heavy atom. The minimum absolute atomic E-state index is 0.438. The molecule has 7 nitrogen and oxygen atoms in total. The van der Waals surface area contributed by atoms with Crippen molar-refractivity contribution in [3.05, 3.63) is 199 Å². The van der Waals surface area contributed by atoms with Gasteiger partial charge in [0.25, 0.3) is 0 Å². The molecule has 0 fully saturated rings. The predicted molar refractivity (Wildman–Crippen MR) is 234 cm³/mol. The molecule has 0 unspecified atom stereocenters. The number of aromatic nitrogens is 5. The lowest BCUT2D eigenvalue weighted by molar-refractivity contribution is 1.14. The highest BCUT2D eigenvalue weighted by atomic mass is 15.0. The van der Waals surface area contributed by atoms with Crippen LogP contribution in [0.3, 0.4) is 0 Å². The van der Waals surface area contributed by atoms with Crippen LogP contribution in [0, 0.1) is 22.7 Å². The van der Waals surface area contributed by atoms with Gasteiger partial charge in [0.2, 0.25) is 0 Å². The summed E-state index contributed by atoms with van der Waals surface area (Å²) in [5.74, 6) is 1.11. The first-order chi connectivity index (χ1) is 29.1. The van der Waals surface area contributed by atoms with Crippen molar-refractivity contribution in [3.63, 3.8) is 0 Å². The van der Waals surface area contributed by atoms with Crippen LogP contribution in [0.4, 0.5) is 0 Å². The molecule has 0 spiro atoms. The predicted octanol–water partition coefficient (Wildman–Crippen LogP) is 12.1. The van der Waals surface area contributed by atoms with Crippen molar-refractivity contribution in [1.29, 1.82) is 10.5 Å². The molecule has 0 saturated carbocycles. The van der Waals surface area contributed by atoms with Crippen LogP contribution < -0.4 is 0 Å². The summed E-state index contributed by atoms with van der Waals surface area (Å²) in [6, 6.07) is 66.6. The fraction of sp³-hybridized carbons (Fsp3) is 0. The van der Waals surface area contributed by atoms with E-state index in [0.717, 1.165) is 61.1 Å². The summed E-state index contributed by atoms with van der Waals surface area (Å²) in [7, 11) is 0. The second-order valence-electron chi connectivity index (χ2n) is 14.1. The van der Waals surface area contributed by atoms with Crippen molar-refractivity contribution < 1.29 is 0 Å². The molecule has 10 rings (SSSR count). The van der Waals surface area contributed by atoms with E-state index >= 15 is 0 Å². The van der Waals surface area contributed by atoms with Crippen molar-refractivity contribution >= 4 is 21.8 Å². The van der Waals surface area contributed by atoms with Crippen LogP contribution in [0.2, 0.25) is 0 Å². The average molecular weight is 754 g/mol. The minimum atomic E-state index is 0.438. The average Bonchev–Trinajstić information content (AvgIpc) is 3.65. The number of benzene rings is 7. The molecular weight excluding hydrogens is 723 g/mol. The Morgan fingerprint density at radius 2 is 0.780 bits per heavy atom. The monoisotopic (exact) mass is 753 g/mol. The number of nitrogens with zero attached hydrogens (tertiary/aromatic N) is 7. The maximum atomic E-state index is 10.8. The fourth-order valence-electron chi connectivity index (χ4n) is 7.73. The molecule has 0 aliphatic heterocycles. The summed E-state index contributed by atoms with van der Waals surface area (Å²) < 4.78 is 2.22. The Labute approximate surface area is 340 Å². The summed E-state index contributed by atoms with van der Waals surface area (Å²) >= 11 is 0. The molecule has 0 N–H and O–H groups in total. The molecule has 0 atom stereocenters. The Hall–Kier alpha value is -8.52. The van der Waals surface area contributed by atoms with E-state index in [0.29, 0.717) is 45.3 Å². The van der Waals surface area contributed by atoms with E-state index in [4.69, 9.17) is 19.9 Å². The number of rotatable bonds is 7. The van der Waals surface area contributed by atoms with E-state index in [2.05, 4.69) is 28.8 Å². The first-order valence-corrected chi connectivity index (χ1v) is 19.2. The van der Waals surface area contributed by atoms with E-state index in [1.807, 2.05) is 176 Å². The summed E-state index contributed by atoms with van der Waals surface area (Å²) in [5, 5.41) is 22.7. The van der Waals surface area contributed by atoms with Crippen molar-refractivity contribution in [2.45, 2.75) is 0 Å². The van der Waals surface area contributed by atoms with Crippen LogP contribution in [0.5, 0.6) is 0 Å². The Morgan fingerprint density at radius 3 is 1.27 bits per heavy atom. The van der Waals surface area contributed by atoms with E-state index in [1.165, 1.54) is 0 Å². The molecule has 0 aliphatic carbocycles. The molecule has 274 valence electrons. The van der Waals surface area contributed by atoms with Crippen LogP contribution in [0.15, 0.2) is 188 Å². The molecule has 3 heterocycles. The highest BCUT2D eigenvalue weighted by molar-refractivity contribution is 6.11. The van der Waals surface area contributed by atoms with Crippen LogP contribution in [-0.2, 0) is 0 Å². The van der Waals surface area contributed by atoms with Gasteiger partial charge in [0.15, 0.2) is 11.6 Å². The summed E-state index contributed by atoms with van der Waals surface area (Å²) in [6.45, 7) is 0. The zero-order chi connectivity index (χ0) is 39.7. The highest BCUT2D eigenvalue weighted by Crippen LogP contribution is 2.43. The fourth-order valence-corrected chi connectivity index (χ4v) is 7.73. The smallest absolute Gasteiger partial charge is 0.160 e. The van der Waals surface area contributed by atoms with Gasteiger partial charge in [-0.05, 0) is 48.5 Å². The van der Waals surface area contributed by atoms with Crippen LogP contribution in [0.1, 0.15) is 11.1 Å². The molecule has 0 aliphatic rings. The zero-order valence-corrected chi connectivity index (χ0v) is 31.5. The molecule has 7 aromatic carbocycles. The lowest BCUT2D eigenvalue weighted by Crippen LogP contribution is -2.05. The Kier molecular flexibility index (Phi) is 8.80. The Bertz CT molecular complexity index is 3010.